The second-order valence-electron chi connectivity index (χ2n) is 5.42. The molecule has 4 rings (SSSR count). The summed E-state index contributed by atoms with van der Waals surface area (Å²) in [6, 6.07) is 8.51. The first-order valence-corrected chi connectivity index (χ1v) is 6.65. The lowest BCUT2D eigenvalue weighted by Gasteiger charge is -2.43. The van der Waals surface area contributed by atoms with Gasteiger partial charge in [0.05, 0.1) is 0 Å². The van der Waals surface area contributed by atoms with Crippen molar-refractivity contribution in [2.75, 3.05) is 6.54 Å². The van der Waals surface area contributed by atoms with Crippen LogP contribution in [0.25, 0.3) is 0 Å². The number of amides is 1. The number of nitrogens with zero attached hydrogens (tertiary/aromatic N) is 1. The smallest absolute Gasteiger partial charge is 0.255 e. The molecule has 1 N–H and O–H groups in total. The molecule has 1 aliphatic carbocycles. The van der Waals surface area contributed by atoms with Gasteiger partial charge in [-0.15, -0.1) is 0 Å². The minimum absolute atomic E-state index is 0.0986. The quantitative estimate of drug-likeness (QED) is 0.704. The lowest BCUT2D eigenvalue weighted by molar-refractivity contribution is 0.0457. The summed E-state index contributed by atoms with van der Waals surface area (Å²) in [5.74, 6) is 0.764. The predicted molar refractivity (Wildman–Crippen MR) is 69.0 cm³/mol. The van der Waals surface area contributed by atoms with Gasteiger partial charge >= 0.3 is 0 Å². The molecule has 0 radical (unpaired) electrons. The first kappa shape index (κ1) is 10.3. The fraction of sp³-hybridized carbons (Fsp3) is 0.400. The number of carbonyl (C=O) groups excluding carboxylic acids is 1. The molecule has 18 heavy (non-hydrogen) atoms. The highest BCUT2D eigenvalue weighted by Gasteiger charge is 2.43. The first-order chi connectivity index (χ1) is 8.84. The molecular weight excluding hydrogens is 224 g/mol. The number of rotatable bonds is 0. The number of fused-ring (bicyclic) bond motifs is 4. The number of nitrogens with one attached hydrogen (secondary N) is 1. The topological polar surface area (TPSA) is 32.3 Å². The van der Waals surface area contributed by atoms with Crippen LogP contribution >= 0.6 is 0 Å². The zero-order chi connectivity index (χ0) is 12.1. The van der Waals surface area contributed by atoms with Crippen molar-refractivity contribution in [2.45, 2.75) is 25.0 Å². The number of hydrogen-bond acceptors (Lipinski definition) is 2. The number of benzene rings is 1. The van der Waals surface area contributed by atoms with Crippen LogP contribution < -0.4 is 5.32 Å². The summed E-state index contributed by atoms with van der Waals surface area (Å²) in [6.07, 6.45) is 6.78. The summed E-state index contributed by atoms with van der Waals surface area (Å²) >= 11 is 0. The molecule has 2 heterocycles. The van der Waals surface area contributed by atoms with E-state index < -0.39 is 0 Å². The van der Waals surface area contributed by atoms with E-state index >= 15 is 0 Å². The standard InChI is InChI=1S/C15H16N2O/c18-15-12-7-3-2-6-11(12)14-16-13-8-4-1-5-10(13)9-17(14)15/h1-4,6-7,10,13-14,16H,5,8-9H2/t10-,13-,14-/m1/s1. The monoisotopic (exact) mass is 240 g/mol. The Morgan fingerprint density at radius 1 is 1.17 bits per heavy atom. The summed E-state index contributed by atoms with van der Waals surface area (Å²) in [4.78, 5) is 14.4. The number of carbonyl (C=O) groups is 1. The molecule has 1 saturated heterocycles. The van der Waals surface area contributed by atoms with E-state index in [4.69, 9.17) is 0 Å². The van der Waals surface area contributed by atoms with Gasteiger partial charge in [0, 0.05) is 23.7 Å². The molecular formula is C15H16N2O. The molecule has 1 fully saturated rings. The predicted octanol–water partition coefficient (Wildman–Crippen LogP) is 2.08. The highest BCUT2D eigenvalue weighted by Crippen LogP contribution is 2.38. The van der Waals surface area contributed by atoms with E-state index in [1.54, 1.807) is 0 Å². The molecule has 0 saturated carbocycles. The van der Waals surface area contributed by atoms with Crippen LogP contribution in [0.2, 0.25) is 0 Å². The van der Waals surface area contributed by atoms with Crippen LogP contribution in [0.5, 0.6) is 0 Å². The summed E-state index contributed by atoms with van der Waals surface area (Å²) in [6.45, 7) is 0.889. The molecule has 1 aromatic carbocycles. The maximum absolute atomic E-state index is 12.4. The van der Waals surface area contributed by atoms with Crippen LogP contribution in [0, 0.1) is 5.92 Å². The number of allylic oxidation sites excluding steroid dienone is 1. The summed E-state index contributed by atoms with van der Waals surface area (Å²) < 4.78 is 0. The molecule has 2 aliphatic heterocycles. The third-order valence-corrected chi connectivity index (χ3v) is 4.43. The van der Waals surface area contributed by atoms with Gasteiger partial charge in [0.25, 0.3) is 5.91 Å². The number of hydrogen-bond donors (Lipinski definition) is 1. The Bertz CT molecular complexity index is 537. The van der Waals surface area contributed by atoms with Crippen molar-refractivity contribution in [1.82, 2.24) is 10.2 Å². The fourth-order valence-corrected chi connectivity index (χ4v) is 3.47. The van der Waals surface area contributed by atoms with E-state index in [0.29, 0.717) is 12.0 Å². The molecule has 92 valence electrons. The molecule has 0 unspecified atom stereocenters. The molecule has 1 aromatic rings. The maximum atomic E-state index is 12.4. The molecule has 3 heteroatoms. The van der Waals surface area contributed by atoms with Crippen molar-refractivity contribution in [2.24, 2.45) is 5.92 Å². The van der Waals surface area contributed by atoms with Gasteiger partial charge in [0.15, 0.2) is 0 Å². The van der Waals surface area contributed by atoms with Crippen LogP contribution in [0.4, 0.5) is 0 Å². The van der Waals surface area contributed by atoms with E-state index in [-0.39, 0.29) is 12.1 Å². The second-order valence-corrected chi connectivity index (χ2v) is 5.42. The van der Waals surface area contributed by atoms with Crippen molar-refractivity contribution in [3.63, 3.8) is 0 Å². The molecule has 3 aliphatic rings. The fourth-order valence-electron chi connectivity index (χ4n) is 3.47. The molecule has 0 spiro atoms. The minimum Gasteiger partial charge on any atom is -0.318 e. The summed E-state index contributed by atoms with van der Waals surface area (Å²) in [7, 11) is 0. The van der Waals surface area contributed by atoms with E-state index in [2.05, 4.69) is 23.5 Å². The lowest BCUT2D eigenvalue weighted by Crippen LogP contribution is -2.54. The van der Waals surface area contributed by atoms with Crippen LogP contribution in [0.1, 0.15) is 34.9 Å². The molecule has 0 aromatic heterocycles. The average molecular weight is 240 g/mol. The SMILES string of the molecule is O=C1c2ccccc2[C@@H]2N[C@@H]3CC=CC[C@@H]3CN12. The van der Waals surface area contributed by atoms with Crippen molar-refractivity contribution < 1.29 is 4.79 Å². The normalized spacial score (nSPS) is 33.0. The van der Waals surface area contributed by atoms with Crippen LogP contribution in [-0.4, -0.2) is 23.4 Å². The van der Waals surface area contributed by atoms with Gasteiger partial charge in [-0.3, -0.25) is 10.1 Å². The first-order valence-electron chi connectivity index (χ1n) is 6.65. The third kappa shape index (κ3) is 1.31. The van der Waals surface area contributed by atoms with Gasteiger partial charge in [0.2, 0.25) is 0 Å². The van der Waals surface area contributed by atoms with Crippen molar-refractivity contribution in [3.05, 3.63) is 47.5 Å². The molecule has 0 bridgehead atoms. The Morgan fingerprint density at radius 3 is 2.94 bits per heavy atom. The zero-order valence-corrected chi connectivity index (χ0v) is 10.2. The third-order valence-electron chi connectivity index (χ3n) is 4.43. The average Bonchev–Trinajstić information content (AvgIpc) is 2.71. The van der Waals surface area contributed by atoms with E-state index in [1.165, 1.54) is 0 Å². The van der Waals surface area contributed by atoms with Crippen molar-refractivity contribution >= 4 is 5.91 Å². The Hall–Kier alpha value is -1.61. The van der Waals surface area contributed by atoms with E-state index in [1.807, 2.05) is 23.1 Å². The van der Waals surface area contributed by atoms with Gasteiger partial charge in [0.1, 0.15) is 6.17 Å². The van der Waals surface area contributed by atoms with Crippen LogP contribution in [0.3, 0.4) is 0 Å². The van der Waals surface area contributed by atoms with E-state index in [0.717, 1.165) is 30.5 Å². The van der Waals surface area contributed by atoms with Gasteiger partial charge in [-0.25, -0.2) is 0 Å². The molecule has 3 atom stereocenters. The highest BCUT2D eigenvalue weighted by molar-refractivity contribution is 5.99. The Labute approximate surface area is 106 Å². The lowest BCUT2D eigenvalue weighted by atomic mass is 9.86. The van der Waals surface area contributed by atoms with Gasteiger partial charge < -0.3 is 4.90 Å². The van der Waals surface area contributed by atoms with Crippen LogP contribution in [0.15, 0.2) is 36.4 Å². The van der Waals surface area contributed by atoms with Crippen molar-refractivity contribution in [3.8, 4) is 0 Å². The zero-order valence-electron chi connectivity index (χ0n) is 10.2. The van der Waals surface area contributed by atoms with Crippen LogP contribution in [-0.2, 0) is 0 Å². The Kier molecular flexibility index (Phi) is 2.12. The second kappa shape index (κ2) is 3.69. The highest BCUT2D eigenvalue weighted by atomic mass is 16.2. The largest absolute Gasteiger partial charge is 0.318 e. The summed E-state index contributed by atoms with van der Waals surface area (Å²) in [5.41, 5.74) is 2.03. The van der Waals surface area contributed by atoms with Gasteiger partial charge in [-0.05, 0) is 24.8 Å². The van der Waals surface area contributed by atoms with Gasteiger partial charge in [-0.1, -0.05) is 30.4 Å². The minimum atomic E-state index is 0.0986. The maximum Gasteiger partial charge on any atom is 0.255 e. The summed E-state index contributed by atoms with van der Waals surface area (Å²) in [5, 5.41) is 3.66. The van der Waals surface area contributed by atoms with Gasteiger partial charge in [-0.2, -0.15) is 0 Å². The Morgan fingerprint density at radius 2 is 2.00 bits per heavy atom. The van der Waals surface area contributed by atoms with Crippen molar-refractivity contribution in [1.29, 1.82) is 0 Å². The Balaban J connectivity index is 1.73. The molecule has 3 nitrogen and oxygen atoms in total. The molecule has 1 amide bonds. The van der Waals surface area contributed by atoms with E-state index in [9.17, 15) is 4.79 Å².